The highest BCUT2D eigenvalue weighted by molar-refractivity contribution is 5.71. The first-order chi connectivity index (χ1) is 8.24. The summed E-state index contributed by atoms with van der Waals surface area (Å²) >= 11 is 0. The number of rotatable bonds is 2. The molecule has 2 aromatic heterocycles. The molecule has 0 spiro atoms. The third-order valence-electron chi connectivity index (χ3n) is 1.72. The summed E-state index contributed by atoms with van der Waals surface area (Å²) in [5.41, 5.74) is 0.310. The van der Waals surface area contributed by atoms with E-state index in [-0.39, 0.29) is 5.69 Å². The number of carbonyl (C=O) groups is 1. The third kappa shape index (κ3) is 4.92. The lowest BCUT2D eigenvalue weighted by Gasteiger charge is -1.93. The summed E-state index contributed by atoms with van der Waals surface area (Å²) in [6, 6.07) is 9.64. The predicted octanol–water partition coefficient (Wildman–Crippen LogP) is 2.91. The van der Waals surface area contributed by atoms with Crippen molar-refractivity contribution in [2.75, 3.05) is 0 Å². The summed E-state index contributed by atoms with van der Waals surface area (Å²) in [5, 5.41) is 0. The largest absolute Gasteiger partial charge is 0.296 e. The molecule has 2 rings (SSSR count). The third-order valence-corrected chi connectivity index (χ3v) is 1.72. The van der Waals surface area contributed by atoms with Crippen molar-refractivity contribution in [1.29, 1.82) is 0 Å². The Morgan fingerprint density at radius 2 is 1.65 bits per heavy atom. The van der Waals surface area contributed by atoms with Crippen molar-refractivity contribution in [3.63, 3.8) is 0 Å². The monoisotopic (exact) mass is 236 g/mol. The maximum Gasteiger partial charge on any atom is 0.280 e. The van der Waals surface area contributed by atoms with E-state index in [0.29, 0.717) is 5.69 Å². The summed E-state index contributed by atoms with van der Waals surface area (Å²) in [6.45, 7) is 0. The normalized spacial score (nSPS) is 9.35. The zero-order valence-electron chi connectivity index (χ0n) is 8.83. The van der Waals surface area contributed by atoms with Crippen molar-refractivity contribution >= 4 is 6.29 Å². The van der Waals surface area contributed by atoms with Crippen LogP contribution in [0.4, 0.5) is 8.78 Å². The molecule has 2 heterocycles. The predicted molar refractivity (Wildman–Crippen MR) is 58.8 cm³/mol. The van der Waals surface area contributed by atoms with Gasteiger partial charge in [-0.2, -0.15) is 0 Å². The Hall–Kier alpha value is -2.17. The molecule has 0 atom stereocenters. The number of alkyl halides is 2. The first-order valence-corrected chi connectivity index (χ1v) is 4.79. The fraction of sp³-hybridized carbons (Fsp3) is 0.0833. The smallest absolute Gasteiger partial charge is 0.280 e. The molecule has 0 fully saturated rings. The van der Waals surface area contributed by atoms with Crippen molar-refractivity contribution in [2.24, 2.45) is 0 Å². The van der Waals surface area contributed by atoms with Gasteiger partial charge >= 0.3 is 0 Å². The van der Waals surface area contributed by atoms with Crippen molar-refractivity contribution in [3.8, 4) is 0 Å². The number of hydrogen-bond donors (Lipinski definition) is 0. The minimum atomic E-state index is -2.45. The zero-order chi connectivity index (χ0) is 12.5. The van der Waals surface area contributed by atoms with Crippen LogP contribution in [0.5, 0.6) is 0 Å². The van der Waals surface area contributed by atoms with E-state index in [9.17, 15) is 13.6 Å². The van der Waals surface area contributed by atoms with Crippen molar-refractivity contribution in [1.82, 2.24) is 9.97 Å². The number of carbonyl (C=O) groups excluding carboxylic acids is 1. The van der Waals surface area contributed by atoms with Crippen LogP contribution in [0.25, 0.3) is 0 Å². The summed E-state index contributed by atoms with van der Waals surface area (Å²) in [5.74, 6) is 0. The molecule has 0 aliphatic rings. The number of hydrogen-bond acceptors (Lipinski definition) is 3. The summed E-state index contributed by atoms with van der Waals surface area (Å²) in [6.07, 6.45) is 1.21. The maximum atomic E-state index is 11.7. The molecule has 0 unspecified atom stereocenters. The van der Waals surface area contributed by atoms with Crippen LogP contribution in [0.2, 0.25) is 0 Å². The molecule has 0 bridgehead atoms. The first-order valence-electron chi connectivity index (χ1n) is 4.79. The molecule has 3 nitrogen and oxygen atoms in total. The van der Waals surface area contributed by atoms with Crippen molar-refractivity contribution in [2.45, 2.75) is 6.43 Å². The molecular formula is C12H10F2N2O. The highest BCUT2D eigenvalue weighted by Gasteiger charge is 2.04. The summed E-state index contributed by atoms with van der Waals surface area (Å²) in [7, 11) is 0. The summed E-state index contributed by atoms with van der Waals surface area (Å²) < 4.78 is 23.4. The van der Waals surface area contributed by atoms with Gasteiger partial charge in [0.15, 0.2) is 6.29 Å². The number of nitrogens with zero attached hydrogens (tertiary/aromatic N) is 2. The van der Waals surface area contributed by atoms with Gasteiger partial charge in [-0.1, -0.05) is 12.1 Å². The molecule has 0 aromatic carbocycles. The van der Waals surface area contributed by atoms with Gasteiger partial charge in [0.25, 0.3) is 6.43 Å². The Labute approximate surface area is 97.2 Å². The molecule has 2 aromatic rings. The number of aromatic nitrogens is 2. The molecule has 0 amide bonds. The van der Waals surface area contributed by atoms with Crippen molar-refractivity contribution in [3.05, 3.63) is 60.2 Å². The number of halogens is 2. The second-order valence-corrected chi connectivity index (χ2v) is 2.93. The quantitative estimate of drug-likeness (QED) is 0.753. The van der Waals surface area contributed by atoms with Crippen LogP contribution in [0.3, 0.4) is 0 Å². The van der Waals surface area contributed by atoms with E-state index in [1.165, 1.54) is 18.3 Å². The molecule has 0 radical (unpaired) electrons. The minimum absolute atomic E-state index is 0.169. The van der Waals surface area contributed by atoms with Crippen LogP contribution in [-0.4, -0.2) is 16.3 Å². The Morgan fingerprint density at radius 1 is 1.00 bits per heavy atom. The van der Waals surface area contributed by atoms with Gasteiger partial charge < -0.3 is 0 Å². The highest BCUT2D eigenvalue weighted by atomic mass is 19.3. The molecular weight excluding hydrogens is 226 g/mol. The molecule has 0 aliphatic heterocycles. The number of aldehydes is 1. The summed E-state index contributed by atoms with van der Waals surface area (Å²) in [4.78, 5) is 17.1. The molecule has 0 aliphatic carbocycles. The van der Waals surface area contributed by atoms with E-state index >= 15 is 0 Å². The Morgan fingerprint density at radius 3 is 1.94 bits per heavy atom. The lowest BCUT2D eigenvalue weighted by Crippen LogP contribution is -1.85. The van der Waals surface area contributed by atoms with E-state index in [4.69, 9.17) is 0 Å². The molecule has 0 N–H and O–H groups in total. The average molecular weight is 236 g/mol. The van der Waals surface area contributed by atoms with E-state index < -0.39 is 6.43 Å². The Kier molecular flexibility index (Phi) is 5.43. The topological polar surface area (TPSA) is 42.9 Å². The molecule has 0 saturated heterocycles. The van der Waals surface area contributed by atoms with Crippen LogP contribution in [-0.2, 0) is 0 Å². The van der Waals surface area contributed by atoms with E-state index in [0.717, 1.165) is 6.29 Å². The van der Waals surface area contributed by atoms with Gasteiger partial charge in [-0.25, -0.2) is 8.78 Å². The maximum absolute atomic E-state index is 11.7. The van der Waals surface area contributed by atoms with Gasteiger partial charge in [-0.05, 0) is 24.3 Å². The van der Waals surface area contributed by atoms with Crippen LogP contribution in [0, 0.1) is 0 Å². The first kappa shape index (κ1) is 12.9. The zero-order valence-corrected chi connectivity index (χ0v) is 8.83. The highest BCUT2D eigenvalue weighted by Crippen LogP contribution is 2.13. The van der Waals surface area contributed by atoms with Crippen LogP contribution in [0.1, 0.15) is 22.6 Å². The van der Waals surface area contributed by atoms with Crippen molar-refractivity contribution < 1.29 is 13.6 Å². The van der Waals surface area contributed by atoms with Crippen LogP contribution >= 0.6 is 0 Å². The molecule has 5 heteroatoms. The lowest BCUT2D eigenvalue weighted by molar-refractivity contribution is 0.111. The van der Waals surface area contributed by atoms with E-state index in [1.54, 1.807) is 30.5 Å². The van der Waals surface area contributed by atoms with E-state index in [2.05, 4.69) is 9.97 Å². The fourth-order valence-corrected chi connectivity index (χ4v) is 0.951. The average Bonchev–Trinajstić information content (AvgIpc) is 2.41. The van der Waals surface area contributed by atoms with Gasteiger partial charge in [-0.3, -0.25) is 14.8 Å². The Bertz CT molecular complexity index is 435. The van der Waals surface area contributed by atoms with Gasteiger partial charge in [-0.15, -0.1) is 0 Å². The SMILES string of the molecule is FC(F)c1ccccn1.O=Cc1ccccn1. The fourth-order valence-electron chi connectivity index (χ4n) is 0.951. The van der Waals surface area contributed by atoms with E-state index in [1.807, 2.05) is 0 Å². The number of pyridine rings is 2. The second-order valence-electron chi connectivity index (χ2n) is 2.93. The van der Waals surface area contributed by atoms with Gasteiger partial charge in [0, 0.05) is 12.4 Å². The lowest BCUT2D eigenvalue weighted by atomic mass is 10.4. The second kappa shape index (κ2) is 7.16. The Balaban J connectivity index is 0.000000171. The molecule has 88 valence electrons. The molecule has 0 saturated carbocycles. The van der Waals surface area contributed by atoms with Crippen LogP contribution < -0.4 is 0 Å². The minimum Gasteiger partial charge on any atom is -0.296 e. The van der Waals surface area contributed by atoms with Crippen LogP contribution in [0.15, 0.2) is 48.8 Å². The molecule has 17 heavy (non-hydrogen) atoms. The van der Waals surface area contributed by atoms with Gasteiger partial charge in [0.1, 0.15) is 11.4 Å². The van der Waals surface area contributed by atoms with Gasteiger partial charge in [0.05, 0.1) is 0 Å². The van der Waals surface area contributed by atoms with Gasteiger partial charge in [0.2, 0.25) is 0 Å². The standard InChI is InChI=1S/C6H5F2N.C6H5NO/c7-6(8)5-3-1-2-4-9-5;8-5-6-3-1-2-4-7-6/h1-4,6H;1-5H.